The minimum atomic E-state index is -0.906. The van der Waals surface area contributed by atoms with Crippen LogP contribution in [0.1, 0.15) is 43.1 Å². The Morgan fingerprint density at radius 1 is 1.50 bits per heavy atom. The number of hydrogen-bond acceptors (Lipinski definition) is 4. The summed E-state index contributed by atoms with van der Waals surface area (Å²) in [6, 6.07) is -0.429. The molecule has 7 heteroatoms. The number of carboxylic acid groups (broad SMARTS) is 1. The molecule has 0 aliphatic heterocycles. The van der Waals surface area contributed by atoms with E-state index >= 15 is 0 Å². The Morgan fingerprint density at radius 3 is 2.70 bits per heavy atom. The molecule has 20 heavy (non-hydrogen) atoms. The summed E-state index contributed by atoms with van der Waals surface area (Å²) in [7, 11) is 0. The fraction of sp³-hybridized carbons (Fsp3) is 0.615. The second-order valence-corrected chi connectivity index (χ2v) is 5.56. The molecular weight excluding hydrogens is 278 g/mol. The molecule has 1 unspecified atom stereocenters. The van der Waals surface area contributed by atoms with Crippen molar-refractivity contribution in [2.45, 2.75) is 39.7 Å². The normalized spacial score (nSPS) is 11.9. The van der Waals surface area contributed by atoms with Gasteiger partial charge in [0, 0.05) is 24.2 Å². The second kappa shape index (κ2) is 7.84. The molecule has 1 heterocycles. The van der Waals surface area contributed by atoms with E-state index < -0.39 is 5.97 Å². The van der Waals surface area contributed by atoms with Crippen LogP contribution < -0.4 is 5.32 Å². The van der Waals surface area contributed by atoms with Crippen molar-refractivity contribution in [2.24, 2.45) is 0 Å². The van der Waals surface area contributed by atoms with Crippen LogP contribution >= 0.6 is 11.3 Å². The summed E-state index contributed by atoms with van der Waals surface area (Å²) >= 11 is 1.58. The first-order chi connectivity index (χ1) is 9.47. The van der Waals surface area contributed by atoms with Gasteiger partial charge < -0.3 is 15.3 Å². The first-order valence-electron chi connectivity index (χ1n) is 6.69. The van der Waals surface area contributed by atoms with Crippen molar-refractivity contribution in [3.8, 4) is 0 Å². The maximum absolute atomic E-state index is 12.0. The quantitative estimate of drug-likeness (QED) is 0.809. The van der Waals surface area contributed by atoms with Crippen LogP contribution in [-0.4, -0.2) is 40.1 Å². The highest BCUT2D eigenvalue weighted by molar-refractivity contribution is 7.11. The average Bonchev–Trinajstić information content (AvgIpc) is 2.87. The molecule has 0 aromatic carbocycles. The van der Waals surface area contributed by atoms with E-state index in [1.807, 2.05) is 20.0 Å². The largest absolute Gasteiger partial charge is 0.481 e. The molecule has 112 valence electrons. The fourth-order valence-corrected chi connectivity index (χ4v) is 2.52. The fourth-order valence-electron chi connectivity index (χ4n) is 1.66. The minimum Gasteiger partial charge on any atom is -0.481 e. The van der Waals surface area contributed by atoms with Crippen molar-refractivity contribution in [1.82, 2.24) is 15.2 Å². The standard InChI is InChI=1S/C13H21N3O3S/c1-4-10-8-14-12(20-10)9(3)15-13(19)16(5-2)7-6-11(17)18/h8-9H,4-7H2,1-3H3,(H,15,19)(H,17,18). The van der Waals surface area contributed by atoms with Gasteiger partial charge in [-0.05, 0) is 20.3 Å². The van der Waals surface area contributed by atoms with E-state index in [2.05, 4.69) is 17.2 Å². The van der Waals surface area contributed by atoms with Crippen LogP contribution in [0.2, 0.25) is 0 Å². The van der Waals surface area contributed by atoms with Gasteiger partial charge in [-0.1, -0.05) is 6.92 Å². The van der Waals surface area contributed by atoms with E-state index in [-0.39, 0.29) is 25.0 Å². The zero-order valence-corrected chi connectivity index (χ0v) is 12.9. The van der Waals surface area contributed by atoms with Crippen molar-refractivity contribution in [3.63, 3.8) is 0 Å². The average molecular weight is 299 g/mol. The van der Waals surface area contributed by atoms with Crippen LogP contribution in [0.25, 0.3) is 0 Å². The van der Waals surface area contributed by atoms with Gasteiger partial charge in [0.05, 0.1) is 12.5 Å². The zero-order valence-electron chi connectivity index (χ0n) is 12.0. The molecule has 0 aliphatic rings. The number of hydrogen-bond donors (Lipinski definition) is 2. The van der Waals surface area contributed by atoms with Gasteiger partial charge in [0.25, 0.3) is 0 Å². The Kier molecular flexibility index (Phi) is 6.44. The Hall–Kier alpha value is -1.63. The molecule has 1 atom stereocenters. The molecular formula is C13H21N3O3S. The van der Waals surface area contributed by atoms with Gasteiger partial charge in [0.2, 0.25) is 0 Å². The summed E-state index contributed by atoms with van der Waals surface area (Å²) in [5, 5.41) is 12.4. The van der Waals surface area contributed by atoms with Crippen molar-refractivity contribution in [1.29, 1.82) is 0 Å². The van der Waals surface area contributed by atoms with E-state index in [0.717, 1.165) is 11.4 Å². The minimum absolute atomic E-state index is 0.0487. The van der Waals surface area contributed by atoms with Gasteiger partial charge in [-0.2, -0.15) is 0 Å². The Bertz CT molecular complexity index is 461. The van der Waals surface area contributed by atoms with Crippen LogP contribution in [0.3, 0.4) is 0 Å². The Labute approximate surface area is 122 Å². The molecule has 0 saturated carbocycles. The molecule has 0 aliphatic carbocycles. The summed E-state index contributed by atoms with van der Waals surface area (Å²) in [4.78, 5) is 29.6. The molecule has 2 amide bonds. The molecule has 1 aromatic heterocycles. The van der Waals surface area contributed by atoms with E-state index in [1.54, 1.807) is 11.3 Å². The van der Waals surface area contributed by atoms with E-state index in [0.29, 0.717) is 6.54 Å². The lowest BCUT2D eigenvalue weighted by molar-refractivity contribution is -0.137. The molecule has 1 rings (SSSR count). The summed E-state index contributed by atoms with van der Waals surface area (Å²) in [5.74, 6) is -0.906. The summed E-state index contributed by atoms with van der Waals surface area (Å²) < 4.78 is 0. The number of rotatable bonds is 7. The lowest BCUT2D eigenvalue weighted by Crippen LogP contribution is -2.41. The number of carbonyl (C=O) groups excluding carboxylic acids is 1. The molecule has 6 nitrogen and oxygen atoms in total. The number of carbonyl (C=O) groups is 2. The lowest BCUT2D eigenvalue weighted by atomic mass is 10.3. The predicted molar refractivity (Wildman–Crippen MR) is 77.9 cm³/mol. The smallest absolute Gasteiger partial charge is 0.317 e. The number of aromatic nitrogens is 1. The van der Waals surface area contributed by atoms with Gasteiger partial charge in [-0.25, -0.2) is 9.78 Å². The molecule has 2 N–H and O–H groups in total. The van der Waals surface area contributed by atoms with Gasteiger partial charge >= 0.3 is 12.0 Å². The molecule has 0 bridgehead atoms. The maximum atomic E-state index is 12.0. The number of nitrogens with one attached hydrogen (secondary N) is 1. The summed E-state index contributed by atoms with van der Waals surface area (Å²) in [6.45, 7) is 6.45. The third kappa shape index (κ3) is 4.80. The second-order valence-electron chi connectivity index (χ2n) is 4.41. The first-order valence-corrected chi connectivity index (χ1v) is 7.51. The molecule has 1 aromatic rings. The molecule has 0 radical (unpaired) electrons. The van der Waals surface area contributed by atoms with E-state index in [9.17, 15) is 9.59 Å². The Morgan fingerprint density at radius 2 is 2.20 bits per heavy atom. The highest BCUT2D eigenvalue weighted by Crippen LogP contribution is 2.20. The molecule has 0 saturated heterocycles. The SMILES string of the molecule is CCc1cnc(C(C)NC(=O)N(CC)CCC(=O)O)s1. The Balaban J connectivity index is 2.56. The third-order valence-electron chi connectivity index (χ3n) is 2.89. The van der Waals surface area contributed by atoms with Crippen LogP contribution in [0.4, 0.5) is 4.79 Å². The van der Waals surface area contributed by atoms with Crippen LogP contribution in [0.15, 0.2) is 6.20 Å². The van der Waals surface area contributed by atoms with Crippen molar-refractivity contribution < 1.29 is 14.7 Å². The lowest BCUT2D eigenvalue weighted by Gasteiger charge is -2.22. The number of amides is 2. The van der Waals surface area contributed by atoms with Crippen LogP contribution in [0, 0.1) is 0 Å². The monoisotopic (exact) mass is 299 g/mol. The summed E-state index contributed by atoms with van der Waals surface area (Å²) in [5.41, 5.74) is 0. The topological polar surface area (TPSA) is 82.5 Å². The van der Waals surface area contributed by atoms with Crippen LogP contribution in [-0.2, 0) is 11.2 Å². The maximum Gasteiger partial charge on any atom is 0.317 e. The number of nitrogens with zero attached hydrogens (tertiary/aromatic N) is 2. The number of urea groups is 1. The molecule has 0 spiro atoms. The summed E-state index contributed by atoms with van der Waals surface area (Å²) in [6.07, 6.45) is 2.70. The highest BCUT2D eigenvalue weighted by atomic mass is 32.1. The van der Waals surface area contributed by atoms with Gasteiger partial charge in [0.1, 0.15) is 5.01 Å². The predicted octanol–water partition coefficient (Wildman–Crippen LogP) is 2.27. The van der Waals surface area contributed by atoms with E-state index in [4.69, 9.17) is 5.11 Å². The van der Waals surface area contributed by atoms with Crippen molar-refractivity contribution in [2.75, 3.05) is 13.1 Å². The number of carboxylic acids is 1. The van der Waals surface area contributed by atoms with E-state index in [1.165, 1.54) is 9.78 Å². The van der Waals surface area contributed by atoms with Crippen molar-refractivity contribution in [3.05, 3.63) is 16.1 Å². The number of aryl methyl sites for hydroxylation is 1. The number of thiazole rings is 1. The van der Waals surface area contributed by atoms with Crippen LogP contribution in [0.5, 0.6) is 0 Å². The van der Waals surface area contributed by atoms with Crippen molar-refractivity contribution >= 4 is 23.3 Å². The number of aliphatic carboxylic acids is 1. The van der Waals surface area contributed by atoms with Gasteiger partial charge in [-0.3, -0.25) is 4.79 Å². The van der Waals surface area contributed by atoms with Gasteiger partial charge in [-0.15, -0.1) is 11.3 Å². The first kappa shape index (κ1) is 16.4. The zero-order chi connectivity index (χ0) is 15.1. The highest BCUT2D eigenvalue weighted by Gasteiger charge is 2.17. The third-order valence-corrected chi connectivity index (χ3v) is 4.22. The molecule has 0 fully saturated rings. The van der Waals surface area contributed by atoms with Gasteiger partial charge in [0.15, 0.2) is 0 Å².